The Hall–Kier alpha value is -1.48. The van der Waals surface area contributed by atoms with E-state index in [4.69, 9.17) is 0 Å². The minimum absolute atomic E-state index is 0.849. The average Bonchev–Trinajstić information content (AvgIpc) is 2.30. The molecule has 2 aromatic rings. The van der Waals surface area contributed by atoms with Crippen LogP contribution in [0.5, 0.6) is 0 Å². The number of hydrogen-bond acceptors (Lipinski definition) is 2. The van der Waals surface area contributed by atoms with E-state index < -0.39 is 0 Å². The number of azo groups is 1. The molecule has 0 amide bonds. The Bertz CT molecular complexity index is 449. The molecule has 0 saturated heterocycles. The summed E-state index contributed by atoms with van der Waals surface area (Å²) in [5.74, 6) is 0. The van der Waals surface area contributed by atoms with Crippen LogP contribution in [0.15, 0.2) is 69.3 Å². The van der Waals surface area contributed by atoms with E-state index in [-0.39, 0.29) is 0 Å². The summed E-state index contributed by atoms with van der Waals surface area (Å²) < 4.78 is 1.04. The molecular weight excluding hydrogens is 252 g/mol. The molecule has 0 aliphatic rings. The predicted octanol–water partition coefficient (Wildman–Crippen LogP) is 4.86. The fourth-order valence-electron chi connectivity index (χ4n) is 1.12. The zero-order valence-corrected chi connectivity index (χ0v) is 9.55. The van der Waals surface area contributed by atoms with E-state index >= 15 is 0 Å². The molecule has 0 heterocycles. The van der Waals surface area contributed by atoms with Crippen LogP contribution in [0.4, 0.5) is 11.4 Å². The van der Waals surface area contributed by atoms with Crippen molar-refractivity contribution in [3.05, 3.63) is 59.1 Å². The maximum atomic E-state index is 4.12. The van der Waals surface area contributed by atoms with E-state index in [0.29, 0.717) is 0 Å². The van der Waals surface area contributed by atoms with Crippen molar-refractivity contribution in [2.75, 3.05) is 0 Å². The largest absolute Gasteiger partial charge is 0.151 e. The van der Waals surface area contributed by atoms with Gasteiger partial charge in [-0.2, -0.15) is 10.2 Å². The molecule has 2 aromatic carbocycles. The van der Waals surface area contributed by atoms with E-state index in [0.717, 1.165) is 15.8 Å². The summed E-state index contributed by atoms with van der Waals surface area (Å²) in [7, 11) is 0. The van der Waals surface area contributed by atoms with Crippen LogP contribution >= 0.6 is 15.9 Å². The van der Waals surface area contributed by atoms with Crippen molar-refractivity contribution < 1.29 is 0 Å². The van der Waals surface area contributed by atoms with Gasteiger partial charge in [-0.05, 0) is 36.4 Å². The van der Waals surface area contributed by atoms with E-state index in [1.165, 1.54) is 0 Å². The Morgan fingerprint density at radius 3 is 1.80 bits per heavy atom. The molecule has 0 atom stereocenters. The van der Waals surface area contributed by atoms with E-state index in [2.05, 4.69) is 26.2 Å². The SMILES string of the molecule is Brc1ccc(N=Nc2ccccc2)cc1. The van der Waals surface area contributed by atoms with Crippen LogP contribution in [0.3, 0.4) is 0 Å². The van der Waals surface area contributed by atoms with E-state index in [9.17, 15) is 0 Å². The summed E-state index contributed by atoms with van der Waals surface area (Å²) in [5.41, 5.74) is 1.71. The summed E-state index contributed by atoms with van der Waals surface area (Å²) >= 11 is 3.37. The molecule has 0 saturated carbocycles. The first kappa shape index (κ1) is 10.1. The van der Waals surface area contributed by atoms with Crippen molar-refractivity contribution in [2.45, 2.75) is 0 Å². The first-order valence-electron chi connectivity index (χ1n) is 4.57. The molecule has 2 nitrogen and oxygen atoms in total. The minimum Gasteiger partial charge on any atom is -0.151 e. The fraction of sp³-hybridized carbons (Fsp3) is 0. The summed E-state index contributed by atoms with van der Waals surface area (Å²) in [4.78, 5) is 0. The molecule has 15 heavy (non-hydrogen) atoms. The highest BCUT2D eigenvalue weighted by atomic mass is 79.9. The highest BCUT2D eigenvalue weighted by Crippen LogP contribution is 2.19. The fourth-order valence-corrected chi connectivity index (χ4v) is 1.38. The minimum atomic E-state index is 0.849. The molecule has 0 fully saturated rings. The van der Waals surface area contributed by atoms with Gasteiger partial charge in [-0.25, -0.2) is 0 Å². The van der Waals surface area contributed by atoms with Crippen molar-refractivity contribution in [3.63, 3.8) is 0 Å². The molecule has 0 aliphatic carbocycles. The zero-order valence-electron chi connectivity index (χ0n) is 7.97. The number of rotatable bonds is 2. The molecule has 3 heteroatoms. The van der Waals surface area contributed by atoms with Crippen molar-refractivity contribution in [1.29, 1.82) is 0 Å². The van der Waals surface area contributed by atoms with Crippen LogP contribution in [-0.2, 0) is 0 Å². The van der Waals surface area contributed by atoms with Gasteiger partial charge in [0.25, 0.3) is 0 Å². The summed E-state index contributed by atoms with van der Waals surface area (Å²) in [6.07, 6.45) is 0. The Morgan fingerprint density at radius 1 is 0.667 bits per heavy atom. The third-order valence-corrected chi connectivity index (χ3v) is 2.39. The third kappa shape index (κ3) is 2.99. The molecular formula is C12H9BrN2. The Balaban J connectivity index is 2.15. The average molecular weight is 261 g/mol. The first-order valence-corrected chi connectivity index (χ1v) is 5.36. The van der Waals surface area contributed by atoms with E-state index in [1.54, 1.807) is 0 Å². The predicted molar refractivity (Wildman–Crippen MR) is 64.8 cm³/mol. The molecule has 0 aliphatic heterocycles. The maximum absolute atomic E-state index is 4.12. The molecule has 0 N–H and O–H groups in total. The van der Waals surface area contributed by atoms with Crippen LogP contribution in [0.25, 0.3) is 0 Å². The lowest BCUT2D eigenvalue weighted by Crippen LogP contribution is -1.64. The van der Waals surface area contributed by atoms with Gasteiger partial charge in [0.05, 0.1) is 11.4 Å². The van der Waals surface area contributed by atoms with Crippen LogP contribution in [0.1, 0.15) is 0 Å². The Morgan fingerprint density at radius 2 is 1.20 bits per heavy atom. The first-order chi connectivity index (χ1) is 7.34. The molecule has 0 radical (unpaired) electrons. The summed E-state index contributed by atoms with van der Waals surface area (Å²) in [5, 5.41) is 8.24. The highest BCUT2D eigenvalue weighted by Gasteiger charge is 1.89. The molecule has 2 rings (SSSR count). The van der Waals surface area contributed by atoms with Crippen molar-refractivity contribution >= 4 is 27.3 Å². The maximum Gasteiger partial charge on any atom is 0.0857 e. The van der Waals surface area contributed by atoms with Crippen molar-refractivity contribution in [2.24, 2.45) is 10.2 Å². The molecule has 0 aromatic heterocycles. The number of nitrogens with zero attached hydrogens (tertiary/aromatic N) is 2. The number of hydrogen-bond donors (Lipinski definition) is 0. The van der Waals surface area contributed by atoms with E-state index in [1.807, 2.05) is 54.6 Å². The smallest absolute Gasteiger partial charge is 0.0857 e. The summed E-state index contributed by atoms with van der Waals surface area (Å²) in [6, 6.07) is 17.4. The third-order valence-electron chi connectivity index (χ3n) is 1.86. The zero-order chi connectivity index (χ0) is 10.5. The molecule has 74 valence electrons. The van der Waals surface area contributed by atoms with Crippen LogP contribution in [0.2, 0.25) is 0 Å². The monoisotopic (exact) mass is 260 g/mol. The number of halogens is 1. The van der Waals surface area contributed by atoms with Crippen molar-refractivity contribution in [3.8, 4) is 0 Å². The summed E-state index contributed by atoms with van der Waals surface area (Å²) in [6.45, 7) is 0. The van der Waals surface area contributed by atoms with Crippen molar-refractivity contribution in [1.82, 2.24) is 0 Å². The van der Waals surface area contributed by atoms with Crippen LogP contribution < -0.4 is 0 Å². The van der Waals surface area contributed by atoms with Gasteiger partial charge in [-0.1, -0.05) is 34.1 Å². The van der Waals surface area contributed by atoms with Gasteiger partial charge < -0.3 is 0 Å². The molecule has 0 unspecified atom stereocenters. The van der Waals surface area contributed by atoms with Gasteiger partial charge in [0.2, 0.25) is 0 Å². The lowest BCUT2D eigenvalue weighted by atomic mass is 10.3. The quantitative estimate of drug-likeness (QED) is 0.689. The van der Waals surface area contributed by atoms with Gasteiger partial charge in [-0.15, -0.1) is 0 Å². The lowest BCUT2D eigenvalue weighted by Gasteiger charge is -1.93. The van der Waals surface area contributed by atoms with Gasteiger partial charge >= 0.3 is 0 Å². The second-order valence-corrected chi connectivity index (χ2v) is 3.93. The normalized spacial score (nSPS) is 10.7. The molecule has 0 bridgehead atoms. The second-order valence-electron chi connectivity index (χ2n) is 3.01. The Kier molecular flexibility index (Phi) is 3.25. The Labute approximate surface area is 96.8 Å². The standard InChI is InChI=1S/C12H9BrN2/c13-10-6-8-12(9-7-10)15-14-11-4-2-1-3-5-11/h1-9H. The highest BCUT2D eigenvalue weighted by molar-refractivity contribution is 9.10. The van der Waals surface area contributed by atoms with Gasteiger partial charge in [-0.3, -0.25) is 0 Å². The van der Waals surface area contributed by atoms with Gasteiger partial charge in [0.1, 0.15) is 0 Å². The van der Waals surface area contributed by atoms with Gasteiger partial charge in [0.15, 0.2) is 0 Å². The molecule has 0 spiro atoms. The second kappa shape index (κ2) is 4.84. The topological polar surface area (TPSA) is 24.7 Å². The van der Waals surface area contributed by atoms with Crippen LogP contribution in [0, 0.1) is 0 Å². The van der Waals surface area contributed by atoms with Gasteiger partial charge in [0, 0.05) is 4.47 Å². The lowest BCUT2D eigenvalue weighted by molar-refractivity contribution is 1.23. The number of benzene rings is 2. The van der Waals surface area contributed by atoms with Crippen LogP contribution in [-0.4, -0.2) is 0 Å².